The fraction of sp³-hybridized carbons (Fsp3) is 0.333. The molecule has 0 saturated carbocycles. The Hall–Kier alpha value is -1.83. The SMILES string of the molecule is CCN(CC)c1ccc(Cc2ccccc2C)c(F)c1. The third kappa shape index (κ3) is 3.19. The van der Waals surface area contributed by atoms with Gasteiger partial charge in [0, 0.05) is 25.2 Å². The Morgan fingerprint density at radius 3 is 2.25 bits per heavy atom. The van der Waals surface area contributed by atoms with E-state index in [2.05, 4.69) is 37.8 Å². The summed E-state index contributed by atoms with van der Waals surface area (Å²) in [7, 11) is 0. The van der Waals surface area contributed by atoms with E-state index in [-0.39, 0.29) is 5.82 Å². The minimum atomic E-state index is -0.113. The average molecular weight is 271 g/mol. The first-order chi connectivity index (χ1) is 9.65. The molecular formula is C18H22FN. The van der Waals surface area contributed by atoms with Gasteiger partial charge in [-0.1, -0.05) is 30.3 Å². The Labute approximate surface area is 121 Å². The summed E-state index contributed by atoms with van der Waals surface area (Å²) in [4.78, 5) is 2.15. The number of benzene rings is 2. The molecule has 2 rings (SSSR count). The van der Waals surface area contributed by atoms with Crippen molar-refractivity contribution in [1.82, 2.24) is 0 Å². The van der Waals surface area contributed by atoms with E-state index in [0.29, 0.717) is 6.42 Å². The van der Waals surface area contributed by atoms with Crippen LogP contribution in [0.3, 0.4) is 0 Å². The summed E-state index contributed by atoms with van der Waals surface area (Å²) in [5.74, 6) is -0.113. The van der Waals surface area contributed by atoms with Crippen molar-refractivity contribution in [3.8, 4) is 0 Å². The molecule has 0 amide bonds. The third-order valence-corrected chi connectivity index (χ3v) is 3.81. The highest BCUT2D eigenvalue weighted by Gasteiger charge is 2.08. The van der Waals surface area contributed by atoms with Gasteiger partial charge in [0.2, 0.25) is 0 Å². The second kappa shape index (κ2) is 6.56. The minimum Gasteiger partial charge on any atom is -0.372 e. The van der Waals surface area contributed by atoms with Crippen molar-refractivity contribution in [3.05, 3.63) is 65.0 Å². The van der Waals surface area contributed by atoms with E-state index in [1.807, 2.05) is 24.3 Å². The predicted octanol–water partition coefficient (Wildman–Crippen LogP) is 4.57. The molecule has 2 aromatic rings. The summed E-state index contributed by atoms with van der Waals surface area (Å²) >= 11 is 0. The van der Waals surface area contributed by atoms with Gasteiger partial charge in [-0.3, -0.25) is 0 Å². The van der Waals surface area contributed by atoms with Crippen LogP contribution in [0.2, 0.25) is 0 Å². The van der Waals surface area contributed by atoms with Crippen molar-refractivity contribution in [2.45, 2.75) is 27.2 Å². The lowest BCUT2D eigenvalue weighted by molar-refractivity contribution is 0.613. The highest BCUT2D eigenvalue weighted by atomic mass is 19.1. The van der Waals surface area contributed by atoms with Gasteiger partial charge >= 0.3 is 0 Å². The molecule has 106 valence electrons. The molecule has 20 heavy (non-hydrogen) atoms. The lowest BCUT2D eigenvalue weighted by atomic mass is 10.00. The summed E-state index contributed by atoms with van der Waals surface area (Å²) in [5.41, 5.74) is 4.11. The lowest BCUT2D eigenvalue weighted by Crippen LogP contribution is -2.21. The van der Waals surface area contributed by atoms with Crippen molar-refractivity contribution >= 4 is 5.69 Å². The van der Waals surface area contributed by atoms with Crippen molar-refractivity contribution in [1.29, 1.82) is 0 Å². The van der Waals surface area contributed by atoms with Crippen LogP contribution in [0, 0.1) is 12.7 Å². The number of hydrogen-bond acceptors (Lipinski definition) is 1. The standard InChI is InChI=1S/C18H22FN/c1-4-20(5-2)17-11-10-16(18(19)13-17)12-15-9-7-6-8-14(15)3/h6-11,13H,4-5,12H2,1-3H3. The third-order valence-electron chi connectivity index (χ3n) is 3.81. The molecule has 0 N–H and O–H groups in total. The molecule has 2 heteroatoms. The maximum absolute atomic E-state index is 14.3. The quantitative estimate of drug-likeness (QED) is 0.770. The van der Waals surface area contributed by atoms with Crippen LogP contribution in [0.1, 0.15) is 30.5 Å². The zero-order chi connectivity index (χ0) is 14.5. The lowest BCUT2D eigenvalue weighted by Gasteiger charge is -2.21. The number of halogens is 1. The van der Waals surface area contributed by atoms with Gasteiger partial charge in [-0.05, 0) is 49.6 Å². The number of aryl methyl sites for hydroxylation is 1. The molecule has 0 aliphatic rings. The Morgan fingerprint density at radius 2 is 1.65 bits per heavy atom. The summed E-state index contributed by atoms with van der Waals surface area (Å²) < 4.78 is 14.3. The van der Waals surface area contributed by atoms with E-state index in [0.717, 1.165) is 24.3 Å². The molecule has 0 atom stereocenters. The molecule has 0 aromatic heterocycles. The molecule has 0 fully saturated rings. The maximum Gasteiger partial charge on any atom is 0.128 e. The molecule has 0 unspecified atom stereocenters. The van der Waals surface area contributed by atoms with Crippen molar-refractivity contribution in [2.24, 2.45) is 0 Å². The Balaban J connectivity index is 2.24. The van der Waals surface area contributed by atoms with Gasteiger partial charge in [0.1, 0.15) is 5.82 Å². The first-order valence-corrected chi connectivity index (χ1v) is 7.23. The van der Waals surface area contributed by atoms with E-state index in [4.69, 9.17) is 0 Å². The Kier molecular flexibility index (Phi) is 4.78. The van der Waals surface area contributed by atoms with Gasteiger partial charge < -0.3 is 4.90 Å². The van der Waals surface area contributed by atoms with Gasteiger partial charge in [-0.25, -0.2) is 4.39 Å². The Morgan fingerprint density at radius 1 is 0.950 bits per heavy atom. The van der Waals surface area contributed by atoms with E-state index in [1.54, 1.807) is 6.07 Å². The highest BCUT2D eigenvalue weighted by Crippen LogP contribution is 2.21. The number of rotatable bonds is 5. The molecule has 0 radical (unpaired) electrons. The van der Waals surface area contributed by atoms with Crippen molar-refractivity contribution in [3.63, 3.8) is 0 Å². The smallest absolute Gasteiger partial charge is 0.128 e. The number of nitrogens with zero attached hydrogens (tertiary/aromatic N) is 1. The van der Waals surface area contributed by atoms with Gasteiger partial charge in [-0.2, -0.15) is 0 Å². The number of anilines is 1. The van der Waals surface area contributed by atoms with E-state index < -0.39 is 0 Å². The fourth-order valence-electron chi connectivity index (χ4n) is 2.48. The monoisotopic (exact) mass is 271 g/mol. The summed E-state index contributed by atoms with van der Waals surface area (Å²) in [6, 6.07) is 13.7. The van der Waals surface area contributed by atoms with Crippen LogP contribution in [0.5, 0.6) is 0 Å². The van der Waals surface area contributed by atoms with Gasteiger partial charge in [0.25, 0.3) is 0 Å². The first kappa shape index (κ1) is 14.6. The molecule has 0 aliphatic heterocycles. The number of hydrogen-bond donors (Lipinski definition) is 0. The van der Waals surface area contributed by atoms with Crippen molar-refractivity contribution < 1.29 is 4.39 Å². The molecular weight excluding hydrogens is 249 g/mol. The van der Waals surface area contributed by atoms with E-state index in [1.165, 1.54) is 11.1 Å². The van der Waals surface area contributed by atoms with Gasteiger partial charge in [0.05, 0.1) is 0 Å². The summed E-state index contributed by atoms with van der Waals surface area (Å²) in [6.45, 7) is 8.03. The molecule has 0 aliphatic carbocycles. The van der Waals surface area contributed by atoms with E-state index >= 15 is 0 Å². The Bertz CT molecular complexity index is 573. The van der Waals surface area contributed by atoms with E-state index in [9.17, 15) is 4.39 Å². The highest BCUT2D eigenvalue weighted by molar-refractivity contribution is 5.49. The van der Waals surface area contributed by atoms with Gasteiger partial charge in [-0.15, -0.1) is 0 Å². The van der Waals surface area contributed by atoms with Crippen LogP contribution < -0.4 is 4.90 Å². The van der Waals surface area contributed by atoms with Crippen LogP contribution in [0.15, 0.2) is 42.5 Å². The van der Waals surface area contributed by atoms with Gasteiger partial charge in [0.15, 0.2) is 0 Å². The minimum absolute atomic E-state index is 0.113. The molecule has 0 saturated heterocycles. The average Bonchev–Trinajstić information content (AvgIpc) is 2.45. The predicted molar refractivity (Wildman–Crippen MR) is 83.9 cm³/mol. The molecule has 0 bridgehead atoms. The fourth-order valence-corrected chi connectivity index (χ4v) is 2.48. The zero-order valence-corrected chi connectivity index (χ0v) is 12.5. The van der Waals surface area contributed by atoms with Crippen LogP contribution in [-0.4, -0.2) is 13.1 Å². The molecule has 0 heterocycles. The van der Waals surface area contributed by atoms with Crippen LogP contribution >= 0.6 is 0 Å². The first-order valence-electron chi connectivity index (χ1n) is 7.23. The normalized spacial score (nSPS) is 10.6. The van der Waals surface area contributed by atoms with Crippen LogP contribution in [0.4, 0.5) is 10.1 Å². The summed E-state index contributed by atoms with van der Waals surface area (Å²) in [6.07, 6.45) is 0.650. The van der Waals surface area contributed by atoms with Crippen molar-refractivity contribution in [2.75, 3.05) is 18.0 Å². The maximum atomic E-state index is 14.3. The largest absolute Gasteiger partial charge is 0.372 e. The molecule has 0 spiro atoms. The molecule has 2 aromatic carbocycles. The zero-order valence-electron chi connectivity index (χ0n) is 12.5. The topological polar surface area (TPSA) is 3.24 Å². The second-order valence-corrected chi connectivity index (χ2v) is 5.05. The summed E-state index contributed by atoms with van der Waals surface area (Å²) in [5, 5.41) is 0. The van der Waals surface area contributed by atoms with Crippen LogP contribution in [-0.2, 0) is 6.42 Å². The van der Waals surface area contributed by atoms with Crippen LogP contribution in [0.25, 0.3) is 0 Å². The second-order valence-electron chi connectivity index (χ2n) is 5.05. The molecule has 1 nitrogen and oxygen atoms in total.